The molecule has 2 nitrogen and oxygen atoms in total. The van der Waals surface area contributed by atoms with Crippen LogP contribution in [0.25, 0.3) is 0 Å². The van der Waals surface area contributed by atoms with Gasteiger partial charge >= 0.3 is 0 Å². The van der Waals surface area contributed by atoms with Crippen molar-refractivity contribution in [1.29, 1.82) is 0 Å². The predicted octanol–water partition coefficient (Wildman–Crippen LogP) is 4.59. The van der Waals surface area contributed by atoms with Crippen LogP contribution in [0.1, 0.15) is 17.8 Å². The van der Waals surface area contributed by atoms with E-state index < -0.39 is 0 Å². The minimum atomic E-state index is -0.0336. The van der Waals surface area contributed by atoms with E-state index in [4.69, 9.17) is 16.8 Å². The summed E-state index contributed by atoms with van der Waals surface area (Å²) >= 11 is 9.27. The summed E-state index contributed by atoms with van der Waals surface area (Å²) < 4.78 is 1.18. The summed E-state index contributed by atoms with van der Waals surface area (Å²) in [4.78, 5) is 2.23. The summed E-state index contributed by atoms with van der Waals surface area (Å²) in [5.41, 5.74) is 2.25. The Morgan fingerprint density at radius 2 is 2.18 bits per heavy atom. The molecule has 1 heterocycles. The number of benzene rings is 1. The van der Waals surface area contributed by atoms with Gasteiger partial charge in [-0.05, 0) is 37.3 Å². The van der Waals surface area contributed by atoms with Crippen molar-refractivity contribution in [3.05, 3.63) is 46.3 Å². The Bertz CT molecular complexity index is 501. The fraction of sp³-hybridized carbons (Fsp3) is 0.167. The molecule has 0 amide bonds. The van der Waals surface area contributed by atoms with Crippen LogP contribution in [0.5, 0.6) is 0 Å². The van der Waals surface area contributed by atoms with Gasteiger partial charge in [-0.2, -0.15) is 5.48 Å². The third-order valence-electron chi connectivity index (χ3n) is 2.24. The standard InChI is InChI=1S/C12H12ClNOS2/c1-8(14-15)11-5-6-12(17-11)16-10-4-2-3-9(13)7-10/h2-8,14-15H,1H3. The minimum absolute atomic E-state index is 0.0336. The van der Waals surface area contributed by atoms with Crippen LogP contribution in [-0.2, 0) is 0 Å². The monoisotopic (exact) mass is 285 g/mol. The number of rotatable bonds is 4. The number of thiophene rings is 1. The molecule has 90 valence electrons. The molecule has 0 fully saturated rings. The van der Waals surface area contributed by atoms with Crippen LogP contribution in [-0.4, -0.2) is 5.21 Å². The van der Waals surface area contributed by atoms with Gasteiger partial charge in [-0.15, -0.1) is 11.3 Å². The fourth-order valence-electron chi connectivity index (χ4n) is 1.33. The van der Waals surface area contributed by atoms with Gasteiger partial charge in [0.15, 0.2) is 0 Å². The van der Waals surface area contributed by atoms with Crippen LogP contribution in [0.15, 0.2) is 45.5 Å². The fourth-order valence-corrected chi connectivity index (χ4v) is 3.77. The number of nitrogens with one attached hydrogen (secondary N) is 1. The first kappa shape index (κ1) is 12.9. The van der Waals surface area contributed by atoms with Crippen molar-refractivity contribution in [1.82, 2.24) is 5.48 Å². The Morgan fingerprint density at radius 1 is 1.35 bits per heavy atom. The second kappa shape index (κ2) is 5.89. The minimum Gasteiger partial charge on any atom is -0.316 e. The zero-order chi connectivity index (χ0) is 12.3. The van der Waals surface area contributed by atoms with Crippen LogP contribution < -0.4 is 5.48 Å². The quantitative estimate of drug-likeness (QED) is 0.806. The average Bonchev–Trinajstić information content (AvgIpc) is 2.76. The van der Waals surface area contributed by atoms with E-state index in [2.05, 4.69) is 11.5 Å². The summed E-state index contributed by atoms with van der Waals surface area (Å²) in [5, 5.41) is 9.60. The second-order valence-electron chi connectivity index (χ2n) is 3.57. The second-order valence-corrected chi connectivity index (χ2v) is 6.49. The van der Waals surface area contributed by atoms with E-state index in [1.54, 1.807) is 23.1 Å². The Labute approximate surface area is 114 Å². The van der Waals surface area contributed by atoms with Gasteiger partial charge in [-0.3, -0.25) is 0 Å². The van der Waals surface area contributed by atoms with E-state index in [0.717, 1.165) is 14.8 Å². The largest absolute Gasteiger partial charge is 0.316 e. The number of hydrogen-bond donors (Lipinski definition) is 2. The highest BCUT2D eigenvalue weighted by Crippen LogP contribution is 2.36. The van der Waals surface area contributed by atoms with Crippen molar-refractivity contribution >= 4 is 34.7 Å². The molecule has 0 saturated carbocycles. The van der Waals surface area contributed by atoms with Gasteiger partial charge in [0.25, 0.3) is 0 Å². The topological polar surface area (TPSA) is 32.3 Å². The van der Waals surface area contributed by atoms with E-state index in [1.807, 2.05) is 37.3 Å². The summed E-state index contributed by atoms with van der Waals surface area (Å²) in [5.74, 6) is 0. The molecule has 2 rings (SSSR count). The van der Waals surface area contributed by atoms with Crippen molar-refractivity contribution in [3.8, 4) is 0 Å². The highest BCUT2D eigenvalue weighted by molar-refractivity contribution is 8.01. The molecule has 1 atom stereocenters. The lowest BCUT2D eigenvalue weighted by Gasteiger charge is -2.04. The third-order valence-corrected chi connectivity index (χ3v) is 4.86. The molecule has 17 heavy (non-hydrogen) atoms. The van der Waals surface area contributed by atoms with Gasteiger partial charge in [-0.1, -0.05) is 29.4 Å². The number of hydrogen-bond acceptors (Lipinski definition) is 4. The predicted molar refractivity (Wildman–Crippen MR) is 73.2 cm³/mol. The molecule has 5 heteroatoms. The normalized spacial score (nSPS) is 12.6. The number of hydroxylamine groups is 1. The van der Waals surface area contributed by atoms with Crippen molar-refractivity contribution in [2.45, 2.75) is 22.1 Å². The first-order valence-electron chi connectivity index (χ1n) is 5.12. The van der Waals surface area contributed by atoms with Gasteiger partial charge in [0.2, 0.25) is 0 Å². The zero-order valence-corrected chi connectivity index (χ0v) is 11.6. The molecular weight excluding hydrogens is 274 g/mol. The molecule has 0 bridgehead atoms. The Kier molecular flexibility index (Phi) is 4.48. The van der Waals surface area contributed by atoms with Gasteiger partial charge in [0, 0.05) is 14.8 Å². The maximum absolute atomic E-state index is 8.86. The van der Waals surface area contributed by atoms with Crippen LogP contribution in [0, 0.1) is 0 Å². The average molecular weight is 286 g/mol. The lowest BCUT2D eigenvalue weighted by atomic mass is 10.3. The highest BCUT2D eigenvalue weighted by Gasteiger charge is 2.08. The van der Waals surface area contributed by atoms with Crippen LogP contribution in [0.2, 0.25) is 5.02 Å². The summed E-state index contributed by atoms with van der Waals surface area (Å²) in [6, 6.07) is 11.8. The zero-order valence-electron chi connectivity index (χ0n) is 9.18. The van der Waals surface area contributed by atoms with E-state index >= 15 is 0 Å². The van der Waals surface area contributed by atoms with Crippen molar-refractivity contribution < 1.29 is 5.21 Å². The molecule has 1 aromatic heterocycles. The van der Waals surface area contributed by atoms with E-state index in [9.17, 15) is 0 Å². The van der Waals surface area contributed by atoms with E-state index in [0.29, 0.717) is 0 Å². The van der Waals surface area contributed by atoms with Crippen LogP contribution in [0.3, 0.4) is 0 Å². The molecule has 0 spiro atoms. The van der Waals surface area contributed by atoms with E-state index in [1.165, 1.54) is 4.21 Å². The van der Waals surface area contributed by atoms with Crippen molar-refractivity contribution in [3.63, 3.8) is 0 Å². The van der Waals surface area contributed by atoms with Gasteiger partial charge in [0.1, 0.15) is 0 Å². The molecular formula is C12H12ClNOS2. The smallest absolute Gasteiger partial charge is 0.0649 e. The lowest BCUT2D eigenvalue weighted by Crippen LogP contribution is -2.11. The van der Waals surface area contributed by atoms with Crippen molar-refractivity contribution in [2.75, 3.05) is 0 Å². The molecule has 0 saturated heterocycles. The summed E-state index contributed by atoms with van der Waals surface area (Å²) in [7, 11) is 0. The van der Waals surface area contributed by atoms with Crippen LogP contribution in [0.4, 0.5) is 0 Å². The van der Waals surface area contributed by atoms with E-state index in [-0.39, 0.29) is 6.04 Å². The number of halogens is 1. The molecule has 0 radical (unpaired) electrons. The summed E-state index contributed by atoms with van der Waals surface area (Å²) in [6.45, 7) is 1.92. The SMILES string of the molecule is CC(NO)c1ccc(Sc2cccc(Cl)c2)s1. The molecule has 0 aliphatic rings. The lowest BCUT2D eigenvalue weighted by molar-refractivity contribution is 0.135. The first-order chi connectivity index (χ1) is 8.19. The molecule has 1 unspecified atom stereocenters. The van der Waals surface area contributed by atoms with Gasteiger partial charge in [-0.25, -0.2) is 0 Å². The maximum atomic E-state index is 8.86. The third kappa shape index (κ3) is 3.47. The molecule has 2 aromatic rings. The maximum Gasteiger partial charge on any atom is 0.0649 e. The Morgan fingerprint density at radius 3 is 2.88 bits per heavy atom. The first-order valence-corrected chi connectivity index (χ1v) is 7.13. The molecule has 1 aromatic carbocycles. The summed E-state index contributed by atoms with van der Waals surface area (Å²) in [6.07, 6.45) is 0. The van der Waals surface area contributed by atoms with Crippen molar-refractivity contribution in [2.24, 2.45) is 0 Å². The Hall–Kier alpha value is -0.520. The Balaban J connectivity index is 2.11. The molecule has 0 aliphatic heterocycles. The molecule has 0 aliphatic carbocycles. The molecule has 2 N–H and O–H groups in total. The van der Waals surface area contributed by atoms with Crippen LogP contribution >= 0.6 is 34.7 Å². The van der Waals surface area contributed by atoms with Gasteiger partial charge < -0.3 is 5.21 Å². The highest BCUT2D eigenvalue weighted by atomic mass is 35.5. The van der Waals surface area contributed by atoms with Gasteiger partial charge in [0.05, 0.1) is 10.3 Å².